The third-order valence-corrected chi connectivity index (χ3v) is 9.14. The van der Waals surface area contributed by atoms with E-state index in [1.165, 1.54) is 31.6 Å². The van der Waals surface area contributed by atoms with Crippen LogP contribution >= 0.6 is 27.3 Å². The van der Waals surface area contributed by atoms with Gasteiger partial charge in [0.15, 0.2) is 6.10 Å². The molecule has 0 saturated carbocycles. The number of para-hydroxylation sites is 1. The van der Waals surface area contributed by atoms with Crippen molar-refractivity contribution in [2.45, 2.75) is 38.3 Å². The first-order chi connectivity index (χ1) is 16.6. The van der Waals surface area contributed by atoms with Crippen LogP contribution in [0.2, 0.25) is 0 Å². The molecule has 0 unspecified atom stereocenters. The third kappa shape index (κ3) is 6.56. The standard InChI is InChI=1S/C28H32BrN2O2S.BrH/c29-24-18-26(34-21-24)19-30(25-11-5-2-6-12-25)28(32)33-27-20-31(16-13-23(27)14-17-31)15-7-10-22-8-3-1-4-9-22;/h1-6,8-9,11-12,18,21,23,27H,7,10,13-17,19-20H2;1H/q+1;/p-1/t23?,27-,31?;/m0./s1. The molecule has 7 heteroatoms. The summed E-state index contributed by atoms with van der Waals surface area (Å²) in [6, 6.07) is 22.7. The molecule has 1 atom stereocenters. The van der Waals surface area contributed by atoms with Gasteiger partial charge in [-0.3, -0.25) is 4.90 Å². The van der Waals surface area contributed by atoms with Crippen molar-refractivity contribution in [3.05, 3.63) is 87.0 Å². The van der Waals surface area contributed by atoms with Crippen molar-refractivity contribution in [1.29, 1.82) is 0 Å². The number of carbonyl (C=O) groups excluding carboxylic acids is 1. The maximum atomic E-state index is 13.5. The van der Waals surface area contributed by atoms with Gasteiger partial charge in [0, 0.05) is 45.6 Å². The normalized spacial score (nSPS) is 22.9. The van der Waals surface area contributed by atoms with Gasteiger partial charge < -0.3 is 26.2 Å². The topological polar surface area (TPSA) is 29.5 Å². The lowest BCUT2D eigenvalue weighted by molar-refractivity contribution is -0.946. The lowest BCUT2D eigenvalue weighted by Crippen LogP contribution is -3.00. The summed E-state index contributed by atoms with van der Waals surface area (Å²) in [5, 5.41) is 2.06. The molecule has 0 N–H and O–H groups in total. The second kappa shape index (κ2) is 12.0. The van der Waals surface area contributed by atoms with Crippen LogP contribution < -0.4 is 21.9 Å². The number of piperidine rings is 3. The fraction of sp³-hybridized carbons (Fsp3) is 0.393. The van der Waals surface area contributed by atoms with Gasteiger partial charge in [0.1, 0.15) is 6.54 Å². The van der Waals surface area contributed by atoms with Crippen LogP contribution in [-0.4, -0.2) is 42.9 Å². The van der Waals surface area contributed by atoms with E-state index in [2.05, 4.69) is 57.7 Å². The fourth-order valence-electron chi connectivity index (χ4n) is 5.59. The van der Waals surface area contributed by atoms with Gasteiger partial charge in [0.2, 0.25) is 0 Å². The van der Waals surface area contributed by atoms with Gasteiger partial charge >= 0.3 is 6.09 Å². The average molecular weight is 620 g/mol. The van der Waals surface area contributed by atoms with E-state index >= 15 is 0 Å². The maximum Gasteiger partial charge on any atom is 0.415 e. The van der Waals surface area contributed by atoms with E-state index < -0.39 is 0 Å². The van der Waals surface area contributed by atoms with E-state index in [0.29, 0.717) is 12.5 Å². The molecule has 2 aromatic carbocycles. The molecule has 3 fully saturated rings. The predicted molar refractivity (Wildman–Crippen MR) is 142 cm³/mol. The second-order valence-corrected chi connectivity index (χ2v) is 11.6. The van der Waals surface area contributed by atoms with Crippen LogP contribution in [0.15, 0.2) is 76.6 Å². The molecule has 1 aromatic heterocycles. The van der Waals surface area contributed by atoms with Gasteiger partial charge in [0.05, 0.1) is 26.2 Å². The number of nitrogens with zero attached hydrogens (tertiary/aromatic N) is 2. The van der Waals surface area contributed by atoms with Crippen LogP contribution in [0.1, 0.15) is 29.7 Å². The fourth-order valence-corrected chi connectivity index (χ4v) is 7.03. The summed E-state index contributed by atoms with van der Waals surface area (Å²) in [6.07, 6.45) is 4.40. The number of hydrogen-bond acceptors (Lipinski definition) is 3. The van der Waals surface area contributed by atoms with Gasteiger partial charge in [-0.2, -0.15) is 0 Å². The zero-order valence-electron chi connectivity index (χ0n) is 19.8. The monoisotopic (exact) mass is 618 g/mol. The van der Waals surface area contributed by atoms with Crippen molar-refractivity contribution in [2.24, 2.45) is 5.92 Å². The molecule has 186 valence electrons. The van der Waals surface area contributed by atoms with Crippen LogP contribution in [0.4, 0.5) is 10.5 Å². The Morgan fingerprint density at radius 2 is 1.74 bits per heavy atom. The molecular weight excluding hydrogens is 588 g/mol. The van der Waals surface area contributed by atoms with E-state index in [9.17, 15) is 4.79 Å². The summed E-state index contributed by atoms with van der Waals surface area (Å²) >= 11 is 5.19. The molecule has 4 nitrogen and oxygen atoms in total. The highest BCUT2D eigenvalue weighted by atomic mass is 79.9. The van der Waals surface area contributed by atoms with Gasteiger partial charge in [-0.25, -0.2) is 4.79 Å². The molecule has 0 spiro atoms. The molecule has 3 aliphatic rings. The first-order valence-electron chi connectivity index (χ1n) is 12.3. The molecule has 35 heavy (non-hydrogen) atoms. The number of halogens is 2. The Morgan fingerprint density at radius 1 is 1.06 bits per heavy atom. The van der Waals surface area contributed by atoms with Crippen molar-refractivity contribution in [2.75, 3.05) is 31.1 Å². The van der Waals surface area contributed by atoms with Crippen molar-refractivity contribution in [3.8, 4) is 0 Å². The number of benzene rings is 2. The Balaban J connectivity index is 0.00000289. The minimum absolute atomic E-state index is 0. The first-order valence-corrected chi connectivity index (χ1v) is 13.9. The van der Waals surface area contributed by atoms with Gasteiger partial charge in [0.25, 0.3) is 0 Å². The second-order valence-electron chi connectivity index (χ2n) is 9.70. The van der Waals surface area contributed by atoms with Crippen LogP contribution in [0, 0.1) is 5.92 Å². The number of amides is 1. The number of quaternary nitrogens is 1. The number of ether oxygens (including phenoxy) is 1. The molecule has 0 aliphatic carbocycles. The highest BCUT2D eigenvalue weighted by Crippen LogP contribution is 2.36. The Labute approximate surface area is 231 Å². The van der Waals surface area contributed by atoms with E-state index in [-0.39, 0.29) is 29.2 Å². The molecule has 6 rings (SSSR count). The Morgan fingerprint density at radius 3 is 2.40 bits per heavy atom. The number of anilines is 1. The molecular formula is C28H32Br2N2O2S. The Hall–Kier alpha value is -1.67. The van der Waals surface area contributed by atoms with E-state index in [4.69, 9.17) is 4.74 Å². The molecule has 0 radical (unpaired) electrons. The minimum atomic E-state index is -0.225. The molecule has 3 aliphatic heterocycles. The zero-order valence-corrected chi connectivity index (χ0v) is 23.8. The lowest BCUT2D eigenvalue weighted by Gasteiger charge is -2.52. The molecule has 3 saturated heterocycles. The van der Waals surface area contributed by atoms with Crippen molar-refractivity contribution in [3.63, 3.8) is 0 Å². The number of thiophene rings is 1. The van der Waals surface area contributed by atoms with E-state index in [1.807, 2.05) is 30.3 Å². The average Bonchev–Trinajstić information content (AvgIpc) is 3.29. The lowest BCUT2D eigenvalue weighted by atomic mass is 9.83. The van der Waals surface area contributed by atoms with Crippen molar-refractivity contribution < 1.29 is 31.0 Å². The highest BCUT2D eigenvalue weighted by molar-refractivity contribution is 9.10. The summed E-state index contributed by atoms with van der Waals surface area (Å²) in [5.41, 5.74) is 2.29. The molecule has 3 aromatic rings. The van der Waals surface area contributed by atoms with Crippen molar-refractivity contribution in [1.82, 2.24) is 0 Å². The van der Waals surface area contributed by atoms with Crippen LogP contribution in [-0.2, 0) is 17.7 Å². The number of hydrogen-bond donors (Lipinski definition) is 0. The summed E-state index contributed by atoms with van der Waals surface area (Å²) in [6.45, 7) is 5.09. The van der Waals surface area contributed by atoms with Crippen LogP contribution in [0.3, 0.4) is 0 Å². The molecule has 2 bridgehead atoms. The van der Waals surface area contributed by atoms with Gasteiger partial charge in [-0.1, -0.05) is 48.5 Å². The summed E-state index contributed by atoms with van der Waals surface area (Å²) < 4.78 is 8.43. The third-order valence-electron chi connectivity index (χ3n) is 7.46. The van der Waals surface area contributed by atoms with Gasteiger partial charge in [-0.05, 0) is 46.1 Å². The van der Waals surface area contributed by atoms with Crippen LogP contribution in [0.5, 0.6) is 0 Å². The summed E-state index contributed by atoms with van der Waals surface area (Å²) in [5.74, 6) is 0.492. The maximum absolute atomic E-state index is 13.5. The van der Waals surface area contributed by atoms with Crippen LogP contribution in [0.25, 0.3) is 0 Å². The molecule has 1 amide bonds. The first kappa shape index (κ1) is 26.4. The highest BCUT2D eigenvalue weighted by Gasteiger charge is 2.47. The quantitative estimate of drug-likeness (QED) is 0.358. The number of rotatable bonds is 8. The van der Waals surface area contributed by atoms with E-state index in [1.54, 1.807) is 16.2 Å². The van der Waals surface area contributed by atoms with Gasteiger partial charge in [-0.15, -0.1) is 11.3 Å². The zero-order chi connectivity index (χ0) is 23.4. The number of aryl methyl sites for hydroxylation is 1. The van der Waals surface area contributed by atoms with Crippen molar-refractivity contribution >= 4 is 39.0 Å². The number of fused-ring (bicyclic) bond motifs is 3. The number of carbonyl (C=O) groups is 1. The smallest absolute Gasteiger partial charge is 0.415 e. The minimum Gasteiger partial charge on any atom is -1.00 e. The molecule has 4 heterocycles. The summed E-state index contributed by atoms with van der Waals surface area (Å²) in [7, 11) is 0. The Kier molecular flexibility index (Phi) is 9.08. The largest absolute Gasteiger partial charge is 1.00 e. The SMILES string of the molecule is O=C(O[C@H]1C[N+]2(CCCc3ccccc3)CCC1CC2)N(Cc1cc(Br)cs1)c1ccccc1.[Br-]. The summed E-state index contributed by atoms with van der Waals surface area (Å²) in [4.78, 5) is 16.4. The Bertz CT molecular complexity index is 1080. The predicted octanol–water partition coefficient (Wildman–Crippen LogP) is 3.90. The van der Waals surface area contributed by atoms with E-state index in [0.717, 1.165) is 45.3 Å².